The molecule has 0 aromatic heterocycles. The number of amides is 2. The minimum atomic E-state index is -0.790. The molecular weight excluding hydrogens is 274 g/mol. The van der Waals surface area contributed by atoms with Gasteiger partial charge in [-0.2, -0.15) is 0 Å². The third-order valence-electron chi connectivity index (χ3n) is 4.17. The molecule has 2 saturated heterocycles. The van der Waals surface area contributed by atoms with Gasteiger partial charge in [-0.25, -0.2) is 0 Å². The number of carbonyl (C=O) groups is 3. The zero-order valence-electron chi connectivity index (χ0n) is 12.6. The number of hydrogen-bond donors (Lipinski definition) is 1. The average Bonchev–Trinajstić information content (AvgIpc) is 2.72. The van der Waals surface area contributed by atoms with Gasteiger partial charge >= 0.3 is 5.97 Å². The lowest BCUT2D eigenvalue weighted by Gasteiger charge is -2.36. The first-order valence-electron chi connectivity index (χ1n) is 7.44. The van der Waals surface area contributed by atoms with Gasteiger partial charge < -0.3 is 10.0 Å². The fourth-order valence-electron chi connectivity index (χ4n) is 3.01. The number of aliphatic carboxylic acids is 1. The van der Waals surface area contributed by atoms with Gasteiger partial charge in [-0.05, 0) is 13.8 Å². The number of piperazine rings is 1. The van der Waals surface area contributed by atoms with Crippen molar-refractivity contribution in [3.8, 4) is 0 Å². The molecular formula is C14H23N3O4. The monoisotopic (exact) mass is 297 g/mol. The summed E-state index contributed by atoms with van der Waals surface area (Å²) >= 11 is 0. The molecule has 2 aliphatic heterocycles. The number of nitrogens with zero attached hydrogens (tertiary/aromatic N) is 3. The number of carboxylic acids is 1. The predicted molar refractivity (Wildman–Crippen MR) is 75.7 cm³/mol. The van der Waals surface area contributed by atoms with Crippen molar-refractivity contribution in [1.29, 1.82) is 0 Å². The number of rotatable bonds is 5. The van der Waals surface area contributed by atoms with Gasteiger partial charge in [-0.1, -0.05) is 0 Å². The van der Waals surface area contributed by atoms with E-state index < -0.39 is 5.97 Å². The van der Waals surface area contributed by atoms with Gasteiger partial charge in [0.2, 0.25) is 11.8 Å². The second-order valence-electron chi connectivity index (χ2n) is 5.94. The van der Waals surface area contributed by atoms with Crippen LogP contribution in [-0.4, -0.2) is 82.4 Å². The Morgan fingerprint density at radius 1 is 1.24 bits per heavy atom. The highest BCUT2D eigenvalue weighted by atomic mass is 16.4. The third-order valence-corrected chi connectivity index (χ3v) is 4.17. The van der Waals surface area contributed by atoms with Crippen LogP contribution in [0.5, 0.6) is 0 Å². The molecule has 0 saturated carbocycles. The summed E-state index contributed by atoms with van der Waals surface area (Å²) < 4.78 is 0. The number of hydrogen-bond acceptors (Lipinski definition) is 5. The summed E-state index contributed by atoms with van der Waals surface area (Å²) in [6.07, 6.45) is 0.411. The Bertz CT molecular complexity index is 430. The largest absolute Gasteiger partial charge is 0.481 e. The van der Waals surface area contributed by atoms with E-state index >= 15 is 0 Å². The maximum absolute atomic E-state index is 12.3. The van der Waals surface area contributed by atoms with Gasteiger partial charge in [0, 0.05) is 38.8 Å². The van der Waals surface area contributed by atoms with E-state index in [0.717, 1.165) is 13.1 Å². The highest BCUT2D eigenvalue weighted by Crippen LogP contribution is 2.22. The first-order valence-corrected chi connectivity index (χ1v) is 7.44. The van der Waals surface area contributed by atoms with Crippen LogP contribution in [0.2, 0.25) is 0 Å². The summed E-state index contributed by atoms with van der Waals surface area (Å²) in [7, 11) is 0. The lowest BCUT2D eigenvalue weighted by molar-refractivity contribution is -0.142. The topological polar surface area (TPSA) is 81.2 Å². The summed E-state index contributed by atoms with van der Waals surface area (Å²) in [4.78, 5) is 40.3. The molecule has 0 aromatic carbocycles. The quantitative estimate of drug-likeness (QED) is 0.696. The van der Waals surface area contributed by atoms with Crippen molar-refractivity contribution < 1.29 is 19.5 Å². The van der Waals surface area contributed by atoms with Crippen LogP contribution in [0.4, 0.5) is 0 Å². The van der Waals surface area contributed by atoms with Crippen molar-refractivity contribution in [2.24, 2.45) is 0 Å². The molecule has 2 amide bonds. The second kappa shape index (κ2) is 6.53. The zero-order chi connectivity index (χ0) is 15.6. The van der Waals surface area contributed by atoms with Crippen LogP contribution in [-0.2, 0) is 14.4 Å². The van der Waals surface area contributed by atoms with E-state index in [0.29, 0.717) is 19.6 Å². The van der Waals surface area contributed by atoms with Gasteiger partial charge in [0.25, 0.3) is 0 Å². The van der Waals surface area contributed by atoms with E-state index in [1.807, 2.05) is 13.8 Å². The Balaban J connectivity index is 1.87. The van der Waals surface area contributed by atoms with E-state index in [1.165, 1.54) is 4.90 Å². The molecule has 0 radical (unpaired) electrons. The van der Waals surface area contributed by atoms with Crippen molar-refractivity contribution in [2.45, 2.75) is 38.8 Å². The summed E-state index contributed by atoms with van der Waals surface area (Å²) in [5, 5.41) is 8.69. The van der Waals surface area contributed by atoms with Gasteiger partial charge in [0.15, 0.2) is 0 Å². The van der Waals surface area contributed by atoms with E-state index in [9.17, 15) is 14.4 Å². The first kappa shape index (κ1) is 15.9. The summed E-state index contributed by atoms with van der Waals surface area (Å²) in [5.41, 5.74) is 0. The second-order valence-corrected chi connectivity index (χ2v) is 5.94. The van der Waals surface area contributed by atoms with Crippen molar-refractivity contribution in [3.63, 3.8) is 0 Å². The summed E-state index contributed by atoms with van der Waals surface area (Å²) in [5.74, 6) is -0.969. The SMILES string of the molecule is CC(C)N1C(=O)CC(N2CCN(CCC(=O)O)CC2)C1=O. The van der Waals surface area contributed by atoms with Crippen LogP contribution in [0.1, 0.15) is 26.7 Å². The third kappa shape index (κ3) is 3.59. The molecule has 1 N–H and O–H groups in total. The minimum absolute atomic E-state index is 0.0889. The van der Waals surface area contributed by atoms with Gasteiger partial charge in [-0.3, -0.25) is 24.2 Å². The molecule has 7 nitrogen and oxygen atoms in total. The predicted octanol–water partition coefficient (Wildman–Crippen LogP) is -0.385. The van der Waals surface area contributed by atoms with E-state index in [4.69, 9.17) is 5.11 Å². The van der Waals surface area contributed by atoms with Crippen molar-refractivity contribution in [2.75, 3.05) is 32.7 Å². The van der Waals surface area contributed by atoms with E-state index in [-0.39, 0.29) is 36.7 Å². The maximum atomic E-state index is 12.3. The molecule has 2 rings (SSSR count). The molecule has 7 heteroatoms. The molecule has 21 heavy (non-hydrogen) atoms. The van der Waals surface area contributed by atoms with Crippen molar-refractivity contribution in [3.05, 3.63) is 0 Å². The Hall–Kier alpha value is -1.47. The fourth-order valence-corrected chi connectivity index (χ4v) is 3.01. The van der Waals surface area contributed by atoms with Crippen LogP contribution in [0.25, 0.3) is 0 Å². The highest BCUT2D eigenvalue weighted by molar-refractivity contribution is 6.05. The van der Waals surface area contributed by atoms with Crippen LogP contribution < -0.4 is 0 Å². The molecule has 1 unspecified atom stereocenters. The van der Waals surface area contributed by atoms with Crippen molar-refractivity contribution in [1.82, 2.24) is 14.7 Å². The van der Waals surface area contributed by atoms with Crippen molar-refractivity contribution >= 4 is 17.8 Å². The summed E-state index contributed by atoms with van der Waals surface area (Å²) in [6, 6.07) is -0.423. The first-order chi connectivity index (χ1) is 9.90. The smallest absolute Gasteiger partial charge is 0.304 e. The standard InChI is InChI=1S/C14H23N3O4/c1-10(2)17-12(18)9-11(14(17)21)16-7-5-15(6-8-16)4-3-13(19)20/h10-11H,3-9H2,1-2H3,(H,19,20). The Labute approximate surface area is 124 Å². The van der Waals surface area contributed by atoms with E-state index in [1.54, 1.807) is 0 Å². The van der Waals surface area contributed by atoms with Crippen LogP contribution in [0.3, 0.4) is 0 Å². The molecule has 118 valence electrons. The molecule has 1 atom stereocenters. The molecule has 2 heterocycles. The Morgan fingerprint density at radius 3 is 2.33 bits per heavy atom. The average molecular weight is 297 g/mol. The molecule has 2 fully saturated rings. The molecule has 2 aliphatic rings. The van der Waals surface area contributed by atoms with Gasteiger partial charge in [-0.15, -0.1) is 0 Å². The molecule has 0 aromatic rings. The highest BCUT2D eigenvalue weighted by Gasteiger charge is 2.43. The normalized spacial score (nSPS) is 25.1. The lowest BCUT2D eigenvalue weighted by Crippen LogP contribution is -2.53. The van der Waals surface area contributed by atoms with Gasteiger partial charge in [0.05, 0.1) is 18.9 Å². The van der Waals surface area contributed by atoms with E-state index in [2.05, 4.69) is 9.80 Å². The summed E-state index contributed by atoms with van der Waals surface area (Å²) in [6.45, 7) is 7.13. The number of carboxylic acid groups (broad SMARTS) is 1. The van der Waals surface area contributed by atoms with Crippen LogP contribution in [0, 0.1) is 0 Å². The number of likely N-dealkylation sites (tertiary alicyclic amines) is 1. The minimum Gasteiger partial charge on any atom is -0.481 e. The van der Waals surface area contributed by atoms with Gasteiger partial charge in [0.1, 0.15) is 0 Å². The molecule has 0 aliphatic carbocycles. The fraction of sp³-hybridized carbons (Fsp3) is 0.786. The Morgan fingerprint density at radius 2 is 1.86 bits per heavy atom. The molecule has 0 spiro atoms. The number of carbonyl (C=O) groups excluding carboxylic acids is 2. The Kier molecular flexibility index (Phi) is 4.95. The lowest BCUT2D eigenvalue weighted by atomic mass is 10.1. The maximum Gasteiger partial charge on any atom is 0.304 e. The van der Waals surface area contributed by atoms with Crippen LogP contribution >= 0.6 is 0 Å². The van der Waals surface area contributed by atoms with Crippen LogP contribution in [0.15, 0.2) is 0 Å². The molecule has 0 bridgehead atoms. The zero-order valence-corrected chi connectivity index (χ0v) is 12.6. The number of imide groups is 1.